The molecular weight excluding hydrogens is 615 g/mol. The Morgan fingerprint density at radius 3 is 2.80 bits per heavy atom. The van der Waals surface area contributed by atoms with E-state index in [-0.39, 0.29) is 40.3 Å². The number of rotatable bonds is 8. The van der Waals surface area contributed by atoms with Crippen LogP contribution in [-0.2, 0) is 4.74 Å². The number of amides is 1. The first kappa shape index (κ1) is 29.8. The summed E-state index contributed by atoms with van der Waals surface area (Å²) in [5.74, 6) is 10.0. The standard InChI is InChI=1S/C34H36F3N5O3S/c1-32(17-45-18-32)40-31(43)19-8-10-25(28(14-19)44-2)38-12-4-5-26-30(46-34(35,36)37)27-6-3-7-29(42(27)41-26)39-24-11-9-22-23-15-21-13-20(24)16-33(21,22)23/h3,6-8,10,14,20-24,38-39H,9,11-13,15-18H2,1-2H3,(H,40,43)/t20-,21?,22-,23+,24+,33?/m0/s1. The van der Waals surface area contributed by atoms with E-state index < -0.39 is 5.51 Å². The van der Waals surface area contributed by atoms with Crippen LogP contribution in [0.15, 0.2) is 41.3 Å². The second kappa shape index (κ2) is 10.7. The van der Waals surface area contributed by atoms with Gasteiger partial charge in [0.25, 0.3) is 5.91 Å². The van der Waals surface area contributed by atoms with E-state index in [9.17, 15) is 18.0 Å². The van der Waals surface area contributed by atoms with E-state index in [0.717, 1.165) is 24.2 Å². The summed E-state index contributed by atoms with van der Waals surface area (Å²) in [7, 11) is 1.50. The normalized spacial score (nSPS) is 29.7. The molecule has 3 heterocycles. The van der Waals surface area contributed by atoms with Crippen LogP contribution in [-0.4, -0.2) is 59.5 Å². The average molecular weight is 652 g/mol. The molecule has 1 spiro atoms. The summed E-state index contributed by atoms with van der Waals surface area (Å²) in [6.45, 7) is 2.97. The highest BCUT2D eigenvalue weighted by molar-refractivity contribution is 8.00. The van der Waals surface area contributed by atoms with Gasteiger partial charge in [-0.05, 0) is 116 Å². The first-order chi connectivity index (χ1) is 22.1. The minimum atomic E-state index is -4.49. The molecule has 4 aliphatic carbocycles. The molecule has 1 amide bonds. The maximum Gasteiger partial charge on any atom is 0.446 e. The average Bonchev–Trinajstić information content (AvgIpc) is 3.17. The number of ether oxygens (including phenoxy) is 2. The van der Waals surface area contributed by atoms with Gasteiger partial charge in [-0.2, -0.15) is 18.3 Å². The number of pyridine rings is 1. The Bertz CT molecular complexity index is 1780. The Balaban J connectivity index is 1.00. The second-order valence-electron chi connectivity index (χ2n) is 13.8. The molecule has 1 aliphatic heterocycles. The number of anilines is 2. The Kier molecular flexibility index (Phi) is 6.96. The smallest absolute Gasteiger partial charge is 0.446 e. The predicted molar refractivity (Wildman–Crippen MR) is 169 cm³/mol. The number of hydrogen-bond donors (Lipinski definition) is 3. The molecular formula is C34H36F3N5O3S. The monoisotopic (exact) mass is 651 g/mol. The summed E-state index contributed by atoms with van der Waals surface area (Å²) in [5, 5.41) is 14.4. The molecule has 46 heavy (non-hydrogen) atoms. The number of fused-ring (bicyclic) bond motifs is 3. The quantitative estimate of drug-likeness (QED) is 0.198. The third kappa shape index (κ3) is 4.98. The topological polar surface area (TPSA) is 88.9 Å². The Labute approximate surface area is 269 Å². The third-order valence-corrected chi connectivity index (χ3v) is 11.9. The van der Waals surface area contributed by atoms with Crippen LogP contribution >= 0.6 is 11.8 Å². The van der Waals surface area contributed by atoms with E-state index in [0.29, 0.717) is 58.9 Å². The third-order valence-electron chi connectivity index (χ3n) is 11.1. The molecule has 3 N–H and O–H groups in total. The fourth-order valence-electron chi connectivity index (χ4n) is 8.95. The van der Waals surface area contributed by atoms with Crippen molar-refractivity contribution in [3.8, 4) is 17.6 Å². The van der Waals surface area contributed by atoms with Gasteiger partial charge in [0.05, 0.1) is 48.5 Å². The molecule has 6 atom stereocenters. The van der Waals surface area contributed by atoms with Gasteiger partial charge in [-0.25, -0.2) is 4.52 Å². The number of halogens is 3. The summed E-state index contributed by atoms with van der Waals surface area (Å²) in [6, 6.07) is 10.7. The van der Waals surface area contributed by atoms with Crippen molar-refractivity contribution >= 4 is 34.7 Å². The predicted octanol–water partition coefficient (Wildman–Crippen LogP) is 6.17. The number of benzene rings is 1. The van der Waals surface area contributed by atoms with Crippen LogP contribution in [0.1, 0.15) is 55.1 Å². The molecule has 2 aromatic heterocycles. The van der Waals surface area contributed by atoms with Crippen molar-refractivity contribution in [1.82, 2.24) is 14.9 Å². The highest BCUT2D eigenvalue weighted by Gasteiger charge is 2.78. The maximum atomic E-state index is 13.7. The van der Waals surface area contributed by atoms with Gasteiger partial charge in [-0.15, -0.1) is 0 Å². The van der Waals surface area contributed by atoms with Gasteiger partial charge in [0.2, 0.25) is 0 Å². The number of thioether (sulfide) groups is 1. The molecule has 1 aromatic carbocycles. The SMILES string of the molecule is COc1cc(C(=O)NC2(C)COC2)ccc1NCC#Cc1nn2c(N[C@@H]3CC[C@H]4[C@H]5CC6C[C@H]3CC654)cccc2c1SC(F)(F)F. The first-order valence-electron chi connectivity index (χ1n) is 15.9. The minimum Gasteiger partial charge on any atom is -0.495 e. The number of alkyl halides is 3. The van der Waals surface area contributed by atoms with E-state index in [1.54, 1.807) is 34.8 Å². The van der Waals surface area contributed by atoms with Gasteiger partial charge < -0.3 is 25.4 Å². The van der Waals surface area contributed by atoms with E-state index >= 15 is 0 Å². The van der Waals surface area contributed by atoms with Crippen LogP contribution < -0.4 is 20.7 Å². The van der Waals surface area contributed by atoms with Crippen LogP contribution in [0.4, 0.5) is 24.7 Å². The van der Waals surface area contributed by atoms with Crippen molar-refractivity contribution in [3.05, 3.63) is 47.7 Å². The number of aromatic nitrogens is 2. The van der Waals surface area contributed by atoms with Gasteiger partial charge in [-0.1, -0.05) is 12.0 Å². The molecule has 12 heteroatoms. The lowest BCUT2D eigenvalue weighted by molar-refractivity contribution is -0.0593. The highest BCUT2D eigenvalue weighted by atomic mass is 32.2. The van der Waals surface area contributed by atoms with E-state index in [1.807, 2.05) is 13.0 Å². The molecule has 8 nitrogen and oxygen atoms in total. The van der Waals surface area contributed by atoms with Crippen molar-refractivity contribution < 1.29 is 27.4 Å². The van der Waals surface area contributed by atoms with Gasteiger partial charge in [0, 0.05) is 11.6 Å². The van der Waals surface area contributed by atoms with Crippen LogP contribution in [0.25, 0.3) is 5.52 Å². The van der Waals surface area contributed by atoms with E-state index in [2.05, 4.69) is 32.9 Å². The van der Waals surface area contributed by atoms with Crippen molar-refractivity contribution in [1.29, 1.82) is 0 Å². The zero-order chi connectivity index (χ0) is 31.8. The first-order valence-corrected chi connectivity index (χ1v) is 16.7. The highest BCUT2D eigenvalue weighted by Crippen LogP contribution is 2.84. The molecule has 4 saturated carbocycles. The summed E-state index contributed by atoms with van der Waals surface area (Å²) in [4.78, 5) is 12.7. The fraction of sp³-hybridized carbons (Fsp3) is 0.529. The largest absolute Gasteiger partial charge is 0.495 e. The Morgan fingerprint density at radius 1 is 1.20 bits per heavy atom. The van der Waals surface area contributed by atoms with E-state index in [1.165, 1.54) is 32.8 Å². The number of methoxy groups -OCH3 is 1. The minimum absolute atomic E-state index is 0.00935. The zero-order valence-electron chi connectivity index (χ0n) is 25.7. The number of nitrogens with zero attached hydrogens (tertiary/aromatic N) is 2. The molecule has 3 aromatic rings. The number of carbonyl (C=O) groups excluding carboxylic acids is 1. The van der Waals surface area contributed by atoms with Crippen molar-refractivity contribution in [2.45, 2.75) is 61.0 Å². The van der Waals surface area contributed by atoms with Crippen LogP contribution in [0, 0.1) is 40.9 Å². The van der Waals surface area contributed by atoms with Crippen LogP contribution in [0.3, 0.4) is 0 Å². The number of carbonyl (C=O) groups is 1. The maximum absolute atomic E-state index is 13.7. The summed E-state index contributed by atoms with van der Waals surface area (Å²) in [5.41, 5.74) is -2.76. The van der Waals surface area contributed by atoms with Gasteiger partial charge in [-0.3, -0.25) is 4.79 Å². The molecule has 242 valence electrons. The van der Waals surface area contributed by atoms with Gasteiger partial charge in [0.15, 0.2) is 0 Å². The molecule has 2 unspecified atom stereocenters. The van der Waals surface area contributed by atoms with Crippen LogP contribution in [0.2, 0.25) is 0 Å². The van der Waals surface area contributed by atoms with Crippen molar-refractivity contribution in [3.63, 3.8) is 0 Å². The fourth-order valence-corrected chi connectivity index (χ4v) is 9.63. The lowest BCUT2D eigenvalue weighted by Gasteiger charge is -2.38. The van der Waals surface area contributed by atoms with Crippen molar-refractivity contribution in [2.75, 3.05) is 37.5 Å². The van der Waals surface area contributed by atoms with Gasteiger partial charge in [0.1, 0.15) is 17.3 Å². The molecule has 5 fully saturated rings. The number of nitrogens with one attached hydrogen (secondary N) is 3. The Hall–Kier alpha value is -3.56. The number of hydrogen-bond acceptors (Lipinski definition) is 7. The lowest BCUT2D eigenvalue weighted by Crippen LogP contribution is -2.59. The summed E-state index contributed by atoms with van der Waals surface area (Å²) in [6.07, 6.45) is 6.26. The summed E-state index contributed by atoms with van der Waals surface area (Å²) < 4.78 is 53.5. The lowest BCUT2D eigenvalue weighted by atomic mass is 9.75. The Morgan fingerprint density at radius 2 is 2.04 bits per heavy atom. The summed E-state index contributed by atoms with van der Waals surface area (Å²) >= 11 is -0.181. The molecule has 1 saturated heterocycles. The van der Waals surface area contributed by atoms with Gasteiger partial charge >= 0.3 is 5.51 Å². The zero-order valence-corrected chi connectivity index (χ0v) is 26.5. The van der Waals surface area contributed by atoms with Crippen LogP contribution in [0.5, 0.6) is 5.75 Å². The van der Waals surface area contributed by atoms with E-state index in [4.69, 9.17) is 9.47 Å². The molecule has 5 aliphatic rings. The molecule has 2 bridgehead atoms. The van der Waals surface area contributed by atoms with Crippen molar-refractivity contribution in [2.24, 2.45) is 29.1 Å². The molecule has 8 rings (SSSR count). The second-order valence-corrected chi connectivity index (χ2v) is 14.9. The molecule has 0 radical (unpaired) electrons.